The molecule has 1 heterocycles. The van der Waals surface area contributed by atoms with Crippen molar-refractivity contribution >= 4 is 17.5 Å². The van der Waals surface area contributed by atoms with Crippen LogP contribution in [0.3, 0.4) is 0 Å². The molecule has 4 rings (SSSR count). The monoisotopic (exact) mass is 436 g/mol. The quantitative estimate of drug-likeness (QED) is 0.573. The molecule has 166 valence electrons. The molecule has 6 nitrogen and oxygen atoms in total. The second-order valence-corrected chi connectivity index (χ2v) is 7.77. The summed E-state index contributed by atoms with van der Waals surface area (Å²) in [5.41, 5.74) is 0.492. The summed E-state index contributed by atoms with van der Waals surface area (Å²) in [6.45, 7) is 0. The van der Waals surface area contributed by atoms with Crippen LogP contribution in [0.1, 0.15) is 47.8 Å². The lowest BCUT2D eigenvalue weighted by molar-refractivity contribution is -0.123. The summed E-state index contributed by atoms with van der Waals surface area (Å²) in [5.74, 6) is -1.08. The number of furan rings is 1. The molecule has 3 aromatic rings. The molecule has 32 heavy (non-hydrogen) atoms. The first-order valence-corrected chi connectivity index (χ1v) is 10.6. The number of hydrogen-bond acceptors (Lipinski definition) is 4. The number of para-hydroxylation sites is 1. The van der Waals surface area contributed by atoms with Crippen molar-refractivity contribution in [2.24, 2.45) is 0 Å². The van der Waals surface area contributed by atoms with Gasteiger partial charge in [-0.25, -0.2) is 4.39 Å². The summed E-state index contributed by atoms with van der Waals surface area (Å²) in [6.07, 6.45) is 5.20. The molecule has 0 bridgehead atoms. The number of amides is 2. The van der Waals surface area contributed by atoms with Gasteiger partial charge in [-0.2, -0.15) is 0 Å². The molecule has 1 unspecified atom stereocenters. The topological polar surface area (TPSA) is 71.8 Å². The second kappa shape index (κ2) is 9.68. The van der Waals surface area contributed by atoms with E-state index in [1.54, 1.807) is 36.4 Å². The summed E-state index contributed by atoms with van der Waals surface area (Å²) < 4.78 is 25.6. The maximum atomic E-state index is 15.0. The van der Waals surface area contributed by atoms with Gasteiger partial charge in [0.1, 0.15) is 17.6 Å². The molecule has 1 aliphatic rings. The molecule has 1 N–H and O–H groups in total. The molecule has 1 aromatic heterocycles. The van der Waals surface area contributed by atoms with Crippen molar-refractivity contribution in [1.29, 1.82) is 0 Å². The first-order chi connectivity index (χ1) is 15.6. The third-order valence-electron chi connectivity index (χ3n) is 5.68. The highest BCUT2D eigenvalue weighted by Gasteiger charge is 2.37. The van der Waals surface area contributed by atoms with Crippen LogP contribution in [0.15, 0.2) is 71.3 Å². The van der Waals surface area contributed by atoms with E-state index in [9.17, 15) is 14.0 Å². The van der Waals surface area contributed by atoms with Crippen LogP contribution in [0.5, 0.6) is 5.75 Å². The Hall–Kier alpha value is -3.61. The summed E-state index contributed by atoms with van der Waals surface area (Å²) >= 11 is 0. The lowest BCUT2D eigenvalue weighted by Crippen LogP contribution is -2.46. The van der Waals surface area contributed by atoms with Gasteiger partial charge in [0.15, 0.2) is 5.76 Å². The Morgan fingerprint density at radius 3 is 2.56 bits per heavy atom. The highest BCUT2D eigenvalue weighted by molar-refractivity contribution is 6.08. The van der Waals surface area contributed by atoms with Crippen LogP contribution in [0.4, 0.5) is 10.1 Å². The largest absolute Gasteiger partial charge is 0.497 e. The van der Waals surface area contributed by atoms with Crippen molar-refractivity contribution in [1.82, 2.24) is 5.32 Å². The molecule has 1 atom stereocenters. The predicted molar refractivity (Wildman–Crippen MR) is 118 cm³/mol. The Morgan fingerprint density at radius 1 is 1.09 bits per heavy atom. The fourth-order valence-corrected chi connectivity index (χ4v) is 4.11. The zero-order valence-corrected chi connectivity index (χ0v) is 17.8. The Morgan fingerprint density at radius 2 is 1.88 bits per heavy atom. The summed E-state index contributed by atoms with van der Waals surface area (Å²) in [7, 11) is 1.52. The van der Waals surface area contributed by atoms with Gasteiger partial charge in [0, 0.05) is 6.04 Å². The zero-order chi connectivity index (χ0) is 22.5. The molecule has 0 spiro atoms. The van der Waals surface area contributed by atoms with Crippen molar-refractivity contribution in [2.45, 2.75) is 37.8 Å². The third kappa shape index (κ3) is 4.51. The predicted octanol–water partition coefficient (Wildman–Crippen LogP) is 4.87. The first-order valence-electron chi connectivity index (χ1n) is 10.6. The van der Waals surface area contributed by atoms with Crippen LogP contribution in [0.25, 0.3) is 0 Å². The molecule has 0 radical (unpaired) electrons. The molecular formula is C25H25FN2O4. The van der Waals surface area contributed by atoms with Gasteiger partial charge in [-0.3, -0.25) is 14.5 Å². The molecule has 2 aromatic carbocycles. The highest BCUT2D eigenvalue weighted by atomic mass is 19.1. The average molecular weight is 436 g/mol. The van der Waals surface area contributed by atoms with Gasteiger partial charge in [-0.05, 0) is 54.8 Å². The van der Waals surface area contributed by atoms with E-state index in [0.717, 1.165) is 30.6 Å². The number of hydrogen-bond donors (Lipinski definition) is 1. The minimum atomic E-state index is -1.12. The van der Waals surface area contributed by atoms with Gasteiger partial charge >= 0.3 is 0 Å². The standard InChI is InChI=1S/C25H25FN2O4/c1-31-19-11-6-8-17(16-19)23(24(29)27-18-9-2-3-10-18)28(21-13-5-4-12-20(21)26)25(30)22-14-7-15-32-22/h4-8,11-16,18,23H,2-3,9-10H2,1H3,(H,27,29). The number of nitrogens with zero attached hydrogens (tertiary/aromatic N) is 1. The van der Waals surface area contributed by atoms with Crippen molar-refractivity contribution < 1.29 is 23.1 Å². The Labute approximate surface area is 186 Å². The van der Waals surface area contributed by atoms with E-state index in [4.69, 9.17) is 9.15 Å². The second-order valence-electron chi connectivity index (χ2n) is 7.77. The van der Waals surface area contributed by atoms with Gasteiger partial charge in [0.05, 0.1) is 19.1 Å². The van der Waals surface area contributed by atoms with E-state index in [2.05, 4.69) is 5.32 Å². The maximum Gasteiger partial charge on any atom is 0.295 e. The summed E-state index contributed by atoms with van der Waals surface area (Å²) in [6, 6.07) is 14.8. The van der Waals surface area contributed by atoms with Gasteiger partial charge in [0.25, 0.3) is 5.91 Å². The van der Waals surface area contributed by atoms with Crippen molar-refractivity contribution in [3.63, 3.8) is 0 Å². The molecule has 1 saturated carbocycles. The number of ether oxygens (including phenoxy) is 1. The van der Waals surface area contributed by atoms with E-state index < -0.39 is 17.8 Å². The minimum Gasteiger partial charge on any atom is -0.497 e. The first kappa shape index (κ1) is 21.6. The van der Waals surface area contributed by atoms with E-state index >= 15 is 0 Å². The van der Waals surface area contributed by atoms with Crippen molar-refractivity contribution in [3.05, 3.63) is 84.1 Å². The van der Waals surface area contributed by atoms with Crippen LogP contribution in [-0.2, 0) is 4.79 Å². The normalized spacial score (nSPS) is 14.7. The fraction of sp³-hybridized carbons (Fsp3) is 0.280. The lowest BCUT2D eigenvalue weighted by atomic mass is 10.0. The van der Waals surface area contributed by atoms with E-state index in [1.807, 2.05) is 0 Å². The van der Waals surface area contributed by atoms with E-state index in [1.165, 1.54) is 37.6 Å². The molecule has 0 aliphatic heterocycles. The highest BCUT2D eigenvalue weighted by Crippen LogP contribution is 2.33. The van der Waals surface area contributed by atoms with Crippen LogP contribution in [0, 0.1) is 5.82 Å². The number of rotatable bonds is 7. The average Bonchev–Trinajstić information content (AvgIpc) is 3.52. The summed E-state index contributed by atoms with van der Waals surface area (Å²) in [5, 5.41) is 3.06. The van der Waals surface area contributed by atoms with Gasteiger partial charge in [-0.15, -0.1) is 0 Å². The number of carbonyl (C=O) groups is 2. The molecule has 1 fully saturated rings. The van der Waals surface area contributed by atoms with Crippen LogP contribution < -0.4 is 15.0 Å². The minimum absolute atomic E-state index is 0.00909. The molecule has 2 amide bonds. The Bertz CT molecular complexity index is 1080. The lowest BCUT2D eigenvalue weighted by Gasteiger charge is -2.32. The molecular weight excluding hydrogens is 411 g/mol. The maximum absolute atomic E-state index is 15.0. The number of halogens is 1. The Kier molecular flexibility index (Phi) is 6.54. The van der Waals surface area contributed by atoms with E-state index in [-0.39, 0.29) is 23.4 Å². The Balaban J connectivity index is 1.84. The molecule has 1 aliphatic carbocycles. The SMILES string of the molecule is COc1cccc(C(C(=O)NC2CCCC2)N(C(=O)c2ccco2)c2ccccc2F)c1. The number of benzene rings is 2. The number of carbonyl (C=O) groups excluding carboxylic acids is 2. The van der Waals surface area contributed by atoms with Crippen molar-refractivity contribution in [2.75, 3.05) is 12.0 Å². The molecule has 7 heteroatoms. The molecule has 0 saturated heterocycles. The van der Waals surface area contributed by atoms with Gasteiger partial charge < -0.3 is 14.5 Å². The van der Waals surface area contributed by atoms with Crippen LogP contribution >= 0.6 is 0 Å². The van der Waals surface area contributed by atoms with Crippen molar-refractivity contribution in [3.8, 4) is 5.75 Å². The fourth-order valence-electron chi connectivity index (χ4n) is 4.11. The zero-order valence-electron chi connectivity index (χ0n) is 17.8. The number of anilines is 1. The van der Waals surface area contributed by atoms with Crippen LogP contribution in [-0.4, -0.2) is 25.0 Å². The smallest absolute Gasteiger partial charge is 0.295 e. The van der Waals surface area contributed by atoms with Gasteiger partial charge in [-0.1, -0.05) is 37.1 Å². The van der Waals surface area contributed by atoms with Crippen LogP contribution in [0.2, 0.25) is 0 Å². The number of methoxy groups -OCH3 is 1. The van der Waals surface area contributed by atoms with E-state index in [0.29, 0.717) is 11.3 Å². The van der Waals surface area contributed by atoms with Gasteiger partial charge in [0.2, 0.25) is 5.91 Å². The summed E-state index contributed by atoms with van der Waals surface area (Å²) in [4.78, 5) is 28.3. The third-order valence-corrected chi connectivity index (χ3v) is 5.68. The number of nitrogens with one attached hydrogen (secondary N) is 1.